The van der Waals surface area contributed by atoms with Gasteiger partial charge in [-0.1, -0.05) is 41.9 Å². The number of benzene rings is 1. The Bertz CT molecular complexity index is 559. The molecule has 0 saturated carbocycles. The molecule has 0 radical (unpaired) electrons. The quantitative estimate of drug-likeness (QED) is 0.578. The van der Waals surface area contributed by atoms with Gasteiger partial charge in [-0.2, -0.15) is 0 Å². The smallest absolute Gasteiger partial charge is 0.260 e. The highest BCUT2D eigenvalue weighted by molar-refractivity contribution is 7.83. The summed E-state index contributed by atoms with van der Waals surface area (Å²) >= 11 is 10.4. The summed E-state index contributed by atoms with van der Waals surface area (Å²) in [5, 5.41) is 2.76. The van der Waals surface area contributed by atoms with Gasteiger partial charge in [0.15, 0.2) is 0 Å². The number of anilines is 1. The van der Waals surface area contributed by atoms with Crippen LogP contribution in [0.3, 0.4) is 0 Å². The minimum atomic E-state index is -0.237. The van der Waals surface area contributed by atoms with Crippen molar-refractivity contribution in [3.05, 3.63) is 40.5 Å². The third-order valence-corrected chi connectivity index (χ3v) is 3.58. The second kappa shape index (κ2) is 4.82. The predicted molar refractivity (Wildman–Crippen MR) is 71.2 cm³/mol. The van der Waals surface area contributed by atoms with Crippen molar-refractivity contribution in [3.63, 3.8) is 0 Å². The van der Waals surface area contributed by atoms with Crippen LogP contribution in [-0.4, -0.2) is 10.3 Å². The van der Waals surface area contributed by atoms with Crippen molar-refractivity contribution in [1.29, 1.82) is 0 Å². The van der Waals surface area contributed by atoms with Gasteiger partial charge in [0.25, 0.3) is 5.91 Å². The van der Waals surface area contributed by atoms with Crippen LogP contribution in [0, 0.1) is 4.64 Å². The van der Waals surface area contributed by atoms with Crippen LogP contribution in [0.1, 0.15) is 10.4 Å². The Balaban J connectivity index is 2.25. The summed E-state index contributed by atoms with van der Waals surface area (Å²) in [6.07, 6.45) is 0. The fraction of sp³-hybridized carbons (Fsp3) is 0. The molecule has 1 aromatic heterocycles. The molecule has 0 aliphatic heterocycles. The molecular weight excluding hydrogens is 260 g/mol. The number of nitrogens with one attached hydrogen (secondary N) is 2. The Morgan fingerprint density at radius 1 is 1.38 bits per heavy atom. The molecular formula is C10H8N2OS3. The normalized spacial score (nSPS) is 10.1. The number of hydrogen-bond donors (Lipinski definition) is 3. The van der Waals surface area contributed by atoms with Gasteiger partial charge in [0, 0.05) is 5.69 Å². The number of para-hydroxylation sites is 1. The third-order valence-electron chi connectivity index (χ3n) is 1.94. The number of thiol groups is 1. The number of amides is 1. The Morgan fingerprint density at radius 2 is 2.06 bits per heavy atom. The van der Waals surface area contributed by atoms with E-state index < -0.39 is 0 Å². The summed E-state index contributed by atoms with van der Waals surface area (Å²) in [5.41, 5.74) is 1.16. The predicted octanol–water partition coefficient (Wildman–Crippen LogP) is 3.35. The lowest BCUT2D eigenvalue weighted by Gasteiger charge is -2.03. The molecule has 16 heavy (non-hydrogen) atoms. The Labute approximate surface area is 107 Å². The van der Waals surface area contributed by atoms with E-state index >= 15 is 0 Å². The van der Waals surface area contributed by atoms with E-state index in [2.05, 4.69) is 22.3 Å². The van der Waals surface area contributed by atoms with E-state index in [1.54, 1.807) is 0 Å². The van der Waals surface area contributed by atoms with Gasteiger partial charge in [-0.25, -0.2) is 0 Å². The first-order valence-corrected chi connectivity index (χ1v) is 6.12. The molecule has 0 spiro atoms. The maximum Gasteiger partial charge on any atom is 0.260 e. The number of carbonyl (C=O) groups excluding carboxylic acids is 1. The number of aromatic amines is 1. The van der Waals surface area contributed by atoms with Crippen LogP contribution in [0.25, 0.3) is 0 Å². The van der Waals surface area contributed by atoms with Gasteiger partial charge in [0.1, 0.15) is 10.2 Å². The van der Waals surface area contributed by atoms with Crippen LogP contribution >= 0.6 is 36.4 Å². The van der Waals surface area contributed by atoms with E-state index in [-0.39, 0.29) is 5.91 Å². The summed E-state index contributed by atoms with van der Waals surface area (Å²) in [7, 11) is 0. The number of carbonyl (C=O) groups is 1. The average molecular weight is 268 g/mol. The van der Waals surface area contributed by atoms with Crippen LogP contribution in [0.4, 0.5) is 5.69 Å². The van der Waals surface area contributed by atoms with Crippen LogP contribution in [0.2, 0.25) is 0 Å². The largest absolute Gasteiger partial charge is 0.322 e. The van der Waals surface area contributed by atoms with Gasteiger partial charge in [-0.05, 0) is 12.1 Å². The Hall–Kier alpha value is -1.11. The minimum Gasteiger partial charge on any atom is -0.322 e. The van der Waals surface area contributed by atoms with Gasteiger partial charge >= 0.3 is 0 Å². The molecule has 1 heterocycles. The minimum absolute atomic E-state index is 0.237. The first-order valence-electron chi connectivity index (χ1n) is 4.45. The fourth-order valence-electron chi connectivity index (χ4n) is 1.21. The van der Waals surface area contributed by atoms with Crippen LogP contribution < -0.4 is 5.32 Å². The average Bonchev–Trinajstić information content (AvgIpc) is 2.60. The molecule has 1 amide bonds. The zero-order valence-corrected chi connectivity index (χ0v) is 10.6. The molecule has 0 fully saturated rings. The Kier molecular flexibility index (Phi) is 3.42. The van der Waals surface area contributed by atoms with Crippen LogP contribution in [-0.2, 0) is 0 Å². The van der Waals surface area contributed by atoms with E-state index in [9.17, 15) is 4.79 Å². The molecule has 0 unspecified atom stereocenters. The van der Waals surface area contributed by atoms with E-state index in [1.807, 2.05) is 30.3 Å². The highest BCUT2D eigenvalue weighted by Crippen LogP contribution is 2.21. The van der Waals surface area contributed by atoms with E-state index in [0.717, 1.165) is 5.69 Å². The standard InChI is InChI=1S/C10H8N2OS3/c13-8(7-9(14)12-16-10(7)15)11-6-4-2-1-3-5-6/h1-5,15H,(H,11,13)(H,12,14). The molecule has 0 saturated heterocycles. The SMILES string of the molecule is O=C(Nc1ccccc1)c1c(S)s[nH]c1=S. The zero-order valence-electron chi connectivity index (χ0n) is 8.06. The summed E-state index contributed by atoms with van der Waals surface area (Å²) in [6.45, 7) is 0. The summed E-state index contributed by atoms with van der Waals surface area (Å²) in [5.74, 6) is -0.237. The Morgan fingerprint density at radius 3 is 2.62 bits per heavy atom. The van der Waals surface area contributed by atoms with Crippen molar-refractivity contribution in [3.8, 4) is 0 Å². The molecule has 2 N–H and O–H groups in total. The molecule has 0 bridgehead atoms. The van der Waals surface area contributed by atoms with E-state index in [0.29, 0.717) is 14.4 Å². The monoisotopic (exact) mass is 268 g/mol. The van der Waals surface area contributed by atoms with Gasteiger partial charge < -0.3 is 9.69 Å². The number of hydrogen-bond acceptors (Lipinski definition) is 4. The van der Waals surface area contributed by atoms with Gasteiger partial charge in [-0.15, -0.1) is 12.6 Å². The van der Waals surface area contributed by atoms with E-state index in [4.69, 9.17) is 12.2 Å². The van der Waals surface area contributed by atoms with Crippen molar-refractivity contribution >= 4 is 48.0 Å². The summed E-state index contributed by atoms with van der Waals surface area (Å²) in [4.78, 5) is 11.9. The molecule has 1 aromatic carbocycles. The number of H-pyrrole nitrogens is 1. The highest BCUT2D eigenvalue weighted by Gasteiger charge is 2.13. The molecule has 82 valence electrons. The number of aromatic nitrogens is 1. The molecule has 2 aromatic rings. The maximum absolute atomic E-state index is 11.9. The molecule has 0 atom stereocenters. The third kappa shape index (κ3) is 2.34. The molecule has 6 heteroatoms. The number of rotatable bonds is 2. The maximum atomic E-state index is 11.9. The van der Waals surface area contributed by atoms with Gasteiger partial charge in [0.2, 0.25) is 0 Å². The van der Waals surface area contributed by atoms with Gasteiger partial charge in [-0.3, -0.25) is 4.79 Å². The van der Waals surface area contributed by atoms with Crippen LogP contribution in [0.5, 0.6) is 0 Å². The van der Waals surface area contributed by atoms with Crippen molar-refractivity contribution in [1.82, 2.24) is 4.37 Å². The molecule has 0 aliphatic rings. The first-order chi connectivity index (χ1) is 7.68. The lowest BCUT2D eigenvalue weighted by Crippen LogP contribution is -2.11. The van der Waals surface area contributed by atoms with Crippen molar-refractivity contribution < 1.29 is 4.79 Å². The lowest BCUT2D eigenvalue weighted by molar-refractivity contribution is 0.102. The topological polar surface area (TPSA) is 44.9 Å². The second-order valence-electron chi connectivity index (χ2n) is 3.03. The highest BCUT2D eigenvalue weighted by atomic mass is 32.2. The van der Waals surface area contributed by atoms with Gasteiger partial charge in [0.05, 0.1) is 4.21 Å². The lowest BCUT2D eigenvalue weighted by atomic mass is 10.3. The summed E-state index contributed by atoms with van der Waals surface area (Å²) < 4.78 is 3.84. The first kappa shape index (κ1) is 11.4. The molecule has 2 rings (SSSR count). The molecule has 0 aliphatic carbocycles. The van der Waals surface area contributed by atoms with Crippen molar-refractivity contribution in [2.75, 3.05) is 5.32 Å². The second-order valence-corrected chi connectivity index (χ2v) is 5.01. The van der Waals surface area contributed by atoms with E-state index in [1.165, 1.54) is 11.5 Å². The fourth-order valence-corrected chi connectivity index (χ4v) is 2.61. The molecule has 3 nitrogen and oxygen atoms in total. The summed E-state index contributed by atoms with van der Waals surface area (Å²) in [6, 6.07) is 9.22. The van der Waals surface area contributed by atoms with Crippen molar-refractivity contribution in [2.45, 2.75) is 4.21 Å². The van der Waals surface area contributed by atoms with Crippen molar-refractivity contribution in [2.24, 2.45) is 0 Å². The van der Waals surface area contributed by atoms with Crippen LogP contribution in [0.15, 0.2) is 34.5 Å². The zero-order chi connectivity index (χ0) is 11.5.